The van der Waals surface area contributed by atoms with Crippen LogP contribution < -0.4 is 10.8 Å². The van der Waals surface area contributed by atoms with Crippen LogP contribution >= 0.6 is 11.8 Å². The second-order valence-corrected chi connectivity index (χ2v) is 4.46. The summed E-state index contributed by atoms with van der Waals surface area (Å²) in [5, 5.41) is 3.22. The molecule has 0 saturated carbocycles. The van der Waals surface area contributed by atoms with E-state index in [1.165, 1.54) is 5.56 Å². The molecule has 1 fully saturated rings. The molecule has 14 heavy (non-hydrogen) atoms. The highest BCUT2D eigenvalue weighted by atomic mass is 32.2. The van der Waals surface area contributed by atoms with Gasteiger partial charge in [-0.25, -0.2) is 0 Å². The second-order valence-electron chi connectivity index (χ2n) is 3.27. The molecule has 4 heteroatoms. The van der Waals surface area contributed by atoms with Crippen molar-refractivity contribution in [2.24, 2.45) is 0 Å². The Morgan fingerprint density at radius 1 is 1.36 bits per heavy atom. The average Bonchev–Trinajstić information content (AvgIpc) is 2.21. The molecular formula is C10H10BNOS. The van der Waals surface area contributed by atoms with Crippen molar-refractivity contribution in [2.45, 2.75) is 5.25 Å². The molecule has 1 saturated heterocycles. The first kappa shape index (κ1) is 9.65. The molecular weight excluding hydrogens is 193 g/mol. The van der Waals surface area contributed by atoms with Crippen molar-refractivity contribution in [1.82, 2.24) is 5.32 Å². The average molecular weight is 203 g/mol. The quantitative estimate of drug-likeness (QED) is 0.668. The topological polar surface area (TPSA) is 29.1 Å². The minimum Gasteiger partial charge on any atom is -0.354 e. The lowest BCUT2D eigenvalue weighted by molar-refractivity contribution is -0.118. The molecule has 1 amide bonds. The molecule has 1 aromatic rings. The molecule has 1 aliphatic rings. The summed E-state index contributed by atoms with van der Waals surface area (Å²) < 4.78 is 0. The maximum absolute atomic E-state index is 10.9. The summed E-state index contributed by atoms with van der Waals surface area (Å²) in [6, 6.07) is 7.83. The molecule has 70 valence electrons. The van der Waals surface area contributed by atoms with Gasteiger partial charge in [-0.05, 0) is 5.56 Å². The number of hydrogen-bond donors (Lipinski definition) is 1. The van der Waals surface area contributed by atoms with Crippen LogP contribution in [0.4, 0.5) is 0 Å². The van der Waals surface area contributed by atoms with Crippen LogP contribution in [0.3, 0.4) is 0 Å². The first-order valence-corrected chi connectivity index (χ1v) is 5.54. The number of carbonyl (C=O) groups excluding carboxylic acids is 1. The van der Waals surface area contributed by atoms with Gasteiger partial charge in [0.2, 0.25) is 5.91 Å². The van der Waals surface area contributed by atoms with E-state index in [1.54, 1.807) is 11.8 Å². The maximum Gasteiger partial charge on any atom is 0.230 e. The third kappa shape index (κ3) is 2.12. The SMILES string of the molecule is [B]c1ccc(C2CNC(=O)CS2)cc1. The lowest BCUT2D eigenvalue weighted by Gasteiger charge is -2.22. The first-order chi connectivity index (χ1) is 6.75. The Labute approximate surface area is 88.9 Å². The first-order valence-electron chi connectivity index (χ1n) is 4.49. The van der Waals surface area contributed by atoms with E-state index in [-0.39, 0.29) is 5.91 Å². The monoisotopic (exact) mass is 203 g/mol. The zero-order valence-corrected chi connectivity index (χ0v) is 8.51. The fraction of sp³-hybridized carbons (Fsp3) is 0.300. The summed E-state index contributed by atoms with van der Waals surface area (Å²) in [5.74, 6) is 0.677. The van der Waals surface area contributed by atoms with Gasteiger partial charge < -0.3 is 5.32 Å². The number of nitrogens with one attached hydrogen (secondary N) is 1. The Bertz CT molecular complexity index is 328. The molecule has 1 unspecified atom stereocenters. The van der Waals surface area contributed by atoms with Gasteiger partial charge >= 0.3 is 0 Å². The van der Waals surface area contributed by atoms with Crippen molar-refractivity contribution in [1.29, 1.82) is 0 Å². The fourth-order valence-electron chi connectivity index (χ4n) is 1.42. The van der Waals surface area contributed by atoms with Gasteiger partial charge in [-0.3, -0.25) is 4.79 Å². The van der Waals surface area contributed by atoms with Crippen LogP contribution in [0.1, 0.15) is 10.8 Å². The molecule has 1 aromatic carbocycles. The number of thioether (sulfide) groups is 1. The zero-order valence-electron chi connectivity index (χ0n) is 7.69. The van der Waals surface area contributed by atoms with Gasteiger partial charge in [-0.2, -0.15) is 0 Å². The molecule has 0 aromatic heterocycles. The zero-order chi connectivity index (χ0) is 9.97. The summed E-state index contributed by atoms with van der Waals surface area (Å²) in [6.07, 6.45) is 0. The highest BCUT2D eigenvalue weighted by Crippen LogP contribution is 2.29. The fourth-order valence-corrected chi connectivity index (χ4v) is 2.42. The van der Waals surface area contributed by atoms with Crippen molar-refractivity contribution in [3.63, 3.8) is 0 Å². The predicted molar refractivity (Wildman–Crippen MR) is 60.0 cm³/mol. The highest BCUT2D eigenvalue weighted by Gasteiger charge is 2.19. The molecule has 0 aliphatic carbocycles. The van der Waals surface area contributed by atoms with E-state index in [1.807, 2.05) is 24.3 Å². The summed E-state index contributed by atoms with van der Waals surface area (Å²) in [5.41, 5.74) is 2.00. The second kappa shape index (κ2) is 4.09. The lowest BCUT2D eigenvalue weighted by Crippen LogP contribution is -2.34. The molecule has 2 rings (SSSR count). The number of amides is 1. The van der Waals surface area contributed by atoms with Crippen molar-refractivity contribution in [2.75, 3.05) is 12.3 Å². The van der Waals surface area contributed by atoms with Gasteiger partial charge in [-0.1, -0.05) is 29.7 Å². The minimum absolute atomic E-state index is 0.127. The van der Waals surface area contributed by atoms with Crippen LogP contribution in [0.15, 0.2) is 24.3 Å². The predicted octanol–water partition coefficient (Wildman–Crippen LogP) is 0.385. The van der Waals surface area contributed by atoms with Crippen LogP contribution in [0, 0.1) is 0 Å². The van der Waals surface area contributed by atoms with Crippen LogP contribution in [0.2, 0.25) is 0 Å². The Hall–Kier alpha value is -0.895. The van der Waals surface area contributed by atoms with E-state index in [2.05, 4.69) is 5.32 Å². The number of carbonyl (C=O) groups is 1. The van der Waals surface area contributed by atoms with E-state index < -0.39 is 0 Å². The summed E-state index contributed by atoms with van der Waals surface area (Å²) in [4.78, 5) is 10.9. The van der Waals surface area contributed by atoms with E-state index in [0.717, 1.165) is 5.46 Å². The summed E-state index contributed by atoms with van der Waals surface area (Å²) in [7, 11) is 5.60. The maximum atomic E-state index is 10.9. The van der Waals surface area contributed by atoms with Crippen LogP contribution in [-0.4, -0.2) is 26.1 Å². The highest BCUT2D eigenvalue weighted by molar-refractivity contribution is 8.00. The molecule has 1 atom stereocenters. The molecule has 1 aliphatic heterocycles. The number of hydrogen-bond acceptors (Lipinski definition) is 2. The van der Waals surface area contributed by atoms with Crippen LogP contribution in [-0.2, 0) is 4.79 Å². The van der Waals surface area contributed by atoms with Crippen molar-refractivity contribution >= 4 is 31.0 Å². The van der Waals surface area contributed by atoms with Gasteiger partial charge in [0.15, 0.2) is 0 Å². The van der Waals surface area contributed by atoms with Gasteiger partial charge in [0.05, 0.1) is 5.75 Å². The van der Waals surface area contributed by atoms with Gasteiger partial charge in [0.25, 0.3) is 0 Å². The molecule has 0 bridgehead atoms. The van der Waals surface area contributed by atoms with Crippen LogP contribution in [0.25, 0.3) is 0 Å². The minimum atomic E-state index is 0.127. The largest absolute Gasteiger partial charge is 0.354 e. The molecule has 0 spiro atoms. The van der Waals surface area contributed by atoms with E-state index in [4.69, 9.17) is 7.85 Å². The van der Waals surface area contributed by atoms with Crippen molar-refractivity contribution in [3.05, 3.63) is 29.8 Å². The van der Waals surface area contributed by atoms with Crippen LogP contribution in [0.5, 0.6) is 0 Å². The Morgan fingerprint density at radius 3 is 2.64 bits per heavy atom. The Balaban J connectivity index is 2.08. The smallest absolute Gasteiger partial charge is 0.230 e. The van der Waals surface area contributed by atoms with Gasteiger partial charge in [0, 0.05) is 11.8 Å². The van der Waals surface area contributed by atoms with Gasteiger partial charge in [0.1, 0.15) is 7.85 Å². The van der Waals surface area contributed by atoms with E-state index >= 15 is 0 Å². The summed E-state index contributed by atoms with van der Waals surface area (Å²) in [6.45, 7) is 0.716. The van der Waals surface area contributed by atoms with Crippen molar-refractivity contribution < 1.29 is 4.79 Å². The van der Waals surface area contributed by atoms with Gasteiger partial charge in [-0.15, -0.1) is 11.8 Å². The Morgan fingerprint density at radius 2 is 2.07 bits per heavy atom. The Kier molecular flexibility index (Phi) is 2.82. The van der Waals surface area contributed by atoms with E-state index in [0.29, 0.717) is 17.5 Å². The summed E-state index contributed by atoms with van der Waals surface area (Å²) >= 11 is 1.68. The normalized spacial score (nSPS) is 21.7. The number of benzene rings is 1. The number of rotatable bonds is 1. The molecule has 1 N–H and O–H groups in total. The molecule has 2 radical (unpaired) electrons. The van der Waals surface area contributed by atoms with Crippen molar-refractivity contribution in [3.8, 4) is 0 Å². The van der Waals surface area contributed by atoms with E-state index in [9.17, 15) is 4.79 Å². The molecule has 2 nitrogen and oxygen atoms in total. The molecule has 1 heterocycles. The lowest BCUT2D eigenvalue weighted by atomic mass is 9.95. The third-order valence-electron chi connectivity index (χ3n) is 2.21. The standard InChI is InChI=1S/C10H10BNOS/c11-8-3-1-7(2-4-8)9-5-12-10(13)6-14-9/h1-4,9H,5-6H2,(H,12,13). The third-order valence-corrected chi connectivity index (χ3v) is 3.48.